The Morgan fingerprint density at radius 1 is 1.56 bits per heavy atom. The molecule has 1 aliphatic rings. The molecule has 6 nitrogen and oxygen atoms in total. The zero-order valence-corrected chi connectivity index (χ0v) is 10.5. The smallest absolute Gasteiger partial charge is 0.325 e. The Balaban J connectivity index is 2.84. The number of nitrogens with zero attached hydrogens (tertiary/aromatic N) is 1. The molecule has 2 atom stereocenters. The van der Waals surface area contributed by atoms with Crippen molar-refractivity contribution in [3.8, 4) is 0 Å². The normalized spacial score (nSPS) is 29.0. The second kappa shape index (κ2) is 4.31. The summed E-state index contributed by atoms with van der Waals surface area (Å²) >= 11 is 0. The minimum Gasteiger partial charge on any atom is -0.468 e. The highest BCUT2D eigenvalue weighted by Gasteiger charge is 2.42. The summed E-state index contributed by atoms with van der Waals surface area (Å²) in [5.74, 6) is -0.786. The average Bonchev–Trinajstić information content (AvgIpc) is 2.57. The van der Waals surface area contributed by atoms with Gasteiger partial charge in [-0.15, -0.1) is 0 Å². The van der Waals surface area contributed by atoms with Crippen molar-refractivity contribution in [1.29, 1.82) is 0 Å². The van der Waals surface area contributed by atoms with Gasteiger partial charge in [0.1, 0.15) is 0 Å². The Kier molecular flexibility index (Phi) is 3.61. The Hall–Kier alpha value is -0.660. The van der Waals surface area contributed by atoms with E-state index in [-0.39, 0.29) is 13.1 Å². The Labute approximate surface area is 95.2 Å². The van der Waals surface area contributed by atoms with E-state index in [2.05, 4.69) is 4.74 Å². The quantitative estimate of drug-likeness (QED) is 0.673. The van der Waals surface area contributed by atoms with Crippen LogP contribution in [0.2, 0.25) is 0 Å². The van der Waals surface area contributed by atoms with Crippen molar-refractivity contribution in [2.45, 2.75) is 31.1 Å². The van der Waals surface area contributed by atoms with Gasteiger partial charge in [0.15, 0.2) is 5.25 Å². The molecule has 0 aliphatic carbocycles. The topological polar surface area (TPSA) is 83.9 Å². The Morgan fingerprint density at radius 2 is 2.12 bits per heavy atom. The zero-order valence-electron chi connectivity index (χ0n) is 9.63. The van der Waals surface area contributed by atoms with E-state index in [4.69, 9.17) is 0 Å². The molecule has 1 N–H and O–H groups in total. The summed E-state index contributed by atoms with van der Waals surface area (Å²) in [5, 5.41) is 8.45. The lowest BCUT2D eigenvalue weighted by Gasteiger charge is -2.21. The first-order valence-electron chi connectivity index (χ1n) is 5.00. The van der Waals surface area contributed by atoms with Crippen LogP contribution in [-0.4, -0.2) is 54.8 Å². The highest BCUT2D eigenvalue weighted by molar-refractivity contribution is 7.90. The number of esters is 1. The first-order chi connectivity index (χ1) is 7.20. The summed E-state index contributed by atoms with van der Waals surface area (Å²) in [6, 6.07) is 0. The van der Waals surface area contributed by atoms with E-state index in [1.165, 1.54) is 6.92 Å². The minimum atomic E-state index is -3.72. The van der Waals surface area contributed by atoms with Crippen LogP contribution < -0.4 is 0 Å². The SMILES string of the molecule is COC(=O)C(C)S(=O)(=O)N1CCC(C)(O)C1. The van der Waals surface area contributed by atoms with Crippen molar-refractivity contribution in [3.05, 3.63) is 0 Å². The van der Waals surface area contributed by atoms with Crippen molar-refractivity contribution >= 4 is 16.0 Å². The van der Waals surface area contributed by atoms with Crippen LogP contribution in [0.1, 0.15) is 20.3 Å². The molecule has 1 aliphatic heterocycles. The van der Waals surface area contributed by atoms with Gasteiger partial charge >= 0.3 is 5.97 Å². The molecule has 0 aromatic rings. The highest BCUT2D eigenvalue weighted by atomic mass is 32.2. The third-order valence-corrected chi connectivity index (χ3v) is 4.87. The van der Waals surface area contributed by atoms with E-state index >= 15 is 0 Å². The summed E-state index contributed by atoms with van der Waals surface area (Å²) in [6.07, 6.45) is 0.375. The van der Waals surface area contributed by atoms with Gasteiger partial charge in [-0.2, -0.15) is 4.31 Å². The van der Waals surface area contributed by atoms with Gasteiger partial charge in [0, 0.05) is 13.1 Å². The van der Waals surface area contributed by atoms with Crippen molar-refractivity contribution in [1.82, 2.24) is 4.31 Å². The van der Waals surface area contributed by atoms with Crippen molar-refractivity contribution in [2.24, 2.45) is 0 Å². The number of aliphatic hydroxyl groups is 1. The number of sulfonamides is 1. The van der Waals surface area contributed by atoms with Gasteiger partial charge in [-0.3, -0.25) is 4.79 Å². The lowest BCUT2D eigenvalue weighted by atomic mass is 10.1. The molecular weight excluding hydrogens is 234 g/mol. The van der Waals surface area contributed by atoms with E-state index in [1.54, 1.807) is 6.92 Å². The largest absolute Gasteiger partial charge is 0.468 e. The van der Waals surface area contributed by atoms with Crippen LogP contribution in [0, 0.1) is 0 Å². The first-order valence-corrected chi connectivity index (χ1v) is 6.50. The maximum atomic E-state index is 11.9. The van der Waals surface area contributed by atoms with Crippen LogP contribution in [0.15, 0.2) is 0 Å². The monoisotopic (exact) mass is 251 g/mol. The number of ether oxygens (including phenoxy) is 1. The van der Waals surface area contributed by atoms with Crippen LogP contribution in [-0.2, 0) is 19.6 Å². The van der Waals surface area contributed by atoms with Crippen LogP contribution >= 0.6 is 0 Å². The molecule has 0 spiro atoms. The maximum absolute atomic E-state index is 11.9. The van der Waals surface area contributed by atoms with Gasteiger partial charge in [0.25, 0.3) is 0 Å². The lowest BCUT2D eigenvalue weighted by molar-refractivity contribution is -0.139. The highest BCUT2D eigenvalue weighted by Crippen LogP contribution is 2.24. The van der Waals surface area contributed by atoms with Crippen molar-refractivity contribution in [3.63, 3.8) is 0 Å². The van der Waals surface area contributed by atoms with E-state index in [0.717, 1.165) is 11.4 Å². The van der Waals surface area contributed by atoms with Gasteiger partial charge in [-0.25, -0.2) is 8.42 Å². The summed E-state index contributed by atoms with van der Waals surface area (Å²) in [7, 11) is -2.57. The van der Waals surface area contributed by atoms with Crippen LogP contribution in [0.3, 0.4) is 0 Å². The van der Waals surface area contributed by atoms with E-state index in [0.29, 0.717) is 6.42 Å². The molecule has 94 valence electrons. The molecule has 0 bridgehead atoms. The summed E-state index contributed by atoms with van der Waals surface area (Å²) in [4.78, 5) is 11.2. The fourth-order valence-electron chi connectivity index (χ4n) is 1.63. The second-order valence-corrected chi connectivity index (χ2v) is 6.54. The minimum absolute atomic E-state index is 0.0245. The lowest BCUT2D eigenvalue weighted by Crippen LogP contribution is -2.42. The molecule has 0 aromatic carbocycles. The average molecular weight is 251 g/mol. The molecule has 1 rings (SSSR count). The fraction of sp³-hybridized carbons (Fsp3) is 0.889. The van der Waals surface area contributed by atoms with Gasteiger partial charge in [-0.1, -0.05) is 0 Å². The van der Waals surface area contributed by atoms with Crippen LogP contribution in [0.25, 0.3) is 0 Å². The fourth-order valence-corrected chi connectivity index (χ4v) is 3.22. The van der Waals surface area contributed by atoms with E-state index in [1.807, 2.05) is 0 Å². The molecule has 16 heavy (non-hydrogen) atoms. The van der Waals surface area contributed by atoms with Crippen LogP contribution in [0.5, 0.6) is 0 Å². The van der Waals surface area contributed by atoms with Crippen molar-refractivity contribution < 1.29 is 23.1 Å². The Morgan fingerprint density at radius 3 is 2.50 bits per heavy atom. The Bertz CT molecular complexity index is 375. The predicted molar refractivity (Wildman–Crippen MR) is 57.2 cm³/mol. The summed E-state index contributed by atoms with van der Waals surface area (Å²) < 4.78 is 29.4. The summed E-state index contributed by atoms with van der Waals surface area (Å²) in [5.41, 5.74) is -1.01. The molecular formula is C9H17NO5S. The zero-order chi connectivity index (χ0) is 12.6. The molecule has 2 unspecified atom stereocenters. The number of rotatable bonds is 3. The standard InChI is InChI=1S/C9H17NO5S/c1-7(8(11)15-3)16(13,14)10-5-4-9(2,12)6-10/h7,12H,4-6H2,1-3H3. The number of hydrogen-bond donors (Lipinski definition) is 1. The van der Waals surface area contributed by atoms with Crippen LogP contribution in [0.4, 0.5) is 0 Å². The number of methoxy groups -OCH3 is 1. The molecule has 1 heterocycles. The molecule has 7 heteroatoms. The number of carbonyl (C=O) groups is 1. The maximum Gasteiger partial charge on any atom is 0.325 e. The molecule has 1 fully saturated rings. The number of carbonyl (C=O) groups excluding carboxylic acids is 1. The second-order valence-electron chi connectivity index (χ2n) is 4.29. The third-order valence-electron chi connectivity index (χ3n) is 2.76. The predicted octanol–water partition coefficient (Wildman–Crippen LogP) is -0.666. The number of β-amino-alcohol motifs (C(OH)–C–C–N with tert-alkyl or cyclic N) is 1. The van der Waals surface area contributed by atoms with Gasteiger partial charge in [0.05, 0.1) is 12.7 Å². The van der Waals surface area contributed by atoms with Gasteiger partial charge in [-0.05, 0) is 20.3 Å². The molecule has 1 saturated heterocycles. The molecule has 0 saturated carbocycles. The molecule has 0 radical (unpaired) electrons. The number of hydrogen-bond acceptors (Lipinski definition) is 5. The third kappa shape index (κ3) is 2.53. The molecule has 0 amide bonds. The summed E-state index contributed by atoms with van der Waals surface area (Å²) in [6.45, 7) is 3.12. The van der Waals surface area contributed by atoms with E-state index in [9.17, 15) is 18.3 Å². The molecule has 0 aromatic heterocycles. The van der Waals surface area contributed by atoms with Gasteiger partial charge in [0.2, 0.25) is 10.0 Å². The van der Waals surface area contributed by atoms with Gasteiger partial charge < -0.3 is 9.84 Å². The van der Waals surface area contributed by atoms with Crippen molar-refractivity contribution in [2.75, 3.05) is 20.2 Å². The first kappa shape index (κ1) is 13.4. The van der Waals surface area contributed by atoms with E-state index < -0.39 is 26.8 Å².